The standard InChI is InChI=1S/C15H24N4O2/c1-11-6-17-19(8-11)13-9-18(10-13)12(2)15(20)16-7-14-4-3-5-21-14/h6,8,12-14H,3-5,7,9-10H2,1-2H3,(H,16,20)/t12-,14-/m1/s1. The van der Waals surface area contributed by atoms with E-state index in [0.29, 0.717) is 12.6 Å². The lowest BCUT2D eigenvalue weighted by atomic mass is 10.1. The molecule has 0 saturated carbocycles. The monoisotopic (exact) mass is 292 g/mol. The average Bonchev–Trinajstić information content (AvgIpc) is 3.06. The Morgan fingerprint density at radius 3 is 3.00 bits per heavy atom. The minimum absolute atomic E-state index is 0.0840. The maximum Gasteiger partial charge on any atom is 0.237 e. The first kappa shape index (κ1) is 14.5. The van der Waals surface area contributed by atoms with E-state index in [4.69, 9.17) is 4.74 Å². The molecule has 0 radical (unpaired) electrons. The molecule has 0 spiro atoms. The number of carbonyl (C=O) groups is 1. The molecule has 0 aliphatic carbocycles. The van der Waals surface area contributed by atoms with Gasteiger partial charge in [-0.15, -0.1) is 0 Å². The summed E-state index contributed by atoms with van der Waals surface area (Å²) in [5, 5.41) is 7.34. The maximum absolute atomic E-state index is 12.2. The van der Waals surface area contributed by atoms with Crippen LogP contribution in [-0.2, 0) is 9.53 Å². The van der Waals surface area contributed by atoms with Gasteiger partial charge in [-0.25, -0.2) is 0 Å². The zero-order chi connectivity index (χ0) is 14.8. The van der Waals surface area contributed by atoms with Gasteiger partial charge in [0, 0.05) is 32.4 Å². The van der Waals surface area contributed by atoms with Crippen molar-refractivity contribution in [1.82, 2.24) is 20.0 Å². The summed E-state index contributed by atoms with van der Waals surface area (Å²) in [6.07, 6.45) is 6.30. The van der Waals surface area contributed by atoms with E-state index in [1.165, 1.54) is 5.56 Å². The summed E-state index contributed by atoms with van der Waals surface area (Å²) < 4.78 is 7.52. The largest absolute Gasteiger partial charge is 0.376 e. The summed E-state index contributed by atoms with van der Waals surface area (Å²) in [5.74, 6) is 0.0978. The molecular formula is C15H24N4O2. The highest BCUT2D eigenvalue weighted by Gasteiger charge is 2.35. The zero-order valence-electron chi connectivity index (χ0n) is 12.8. The van der Waals surface area contributed by atoms with E-state index in [1.54, 1.807) is 0 Å². The van der Waals surface area contributed by atoms with Crippen molar-refractivity contribution in [2.75, 3.05) is 26.2 Å². The number of carbonyl (C=O) groups excluding carboxylic acids is 1. The Morgan fingerprint density at radius 1 is 1.57 bits per heavy atom. The summed E-state index contributed by atoms with van der Waals surface area (Å²) in [5.41, 5.74) is 1.18. The van der Waals surface area contributed by atoms with Crippen molar-refractivity contribution in [2.45, 2.75) is 44.9 Å². The highest BCUT2D eigenvalue weighted by atomic mass is 16.5. The molecule has 2 aliphatic rings. The fourth-order valence-corrected chi connectivity index (χ4v) is 2.94. The molecule has 2 aliphatic heterocycles. The first-order valence-corrected chi connectivity index (χ1v) is 7.77. The molecule has 6 heteroatoms. The van der Waals surface area contributed by atoms with E-state index >= 15 is 0 Å². The number of ether oxygens (including phenoxy) is 1. The predicted octanol–water partition coefficient (Wildman–Crippen LogP) is 0.732. The number of amides is 1. The number of hydrogen-bond donors (Lipinski definition) is 1. The molecule has 0 aromatic carbocycles. The average molecular weight is 292 g/mol. The number of rotatable bonds is 5. The fourth-order valence-electron chi connectivity index (χ4n) is 2.94. The number of aryl methyl sites for hydroxylation is 1. The molecule has 3 heterocycles. The van der Waals surface area contributed by atoms with Crippen LogP contribution >= 0.6 is 0 Å². The van der Waals surface area contributed by atoms with Crippen molar-refractivity contribution in [3.8, 4) is 0 Å². The third-order valence-electron chi connectivity index (χ3n) is 4.45. The first-order valence-electron chi connectivity index (χ1n) is 7.77. The number of likely N-dealkylation sites (tertiary alicyclic amines) is 1. The number of aromatic nitrogens is 2. The Bertz CT molecular complexity index is 490. The summed E-state index contributed by atoms with van der Waals surface area (Å²) >= 11 is 0. The molecule has 0 bridgehead atoms. The van der Waals surface area contributed by atoms with Gasteiger partial charge in [0.15, 0.2) is 0 Å². The van der Waals surface area contributed by atoms with Gasteiger partial charge in [0.1, 0.15) is 0 Å². The molecule has 3 rings (SSSR count). The molecule has 116 valence electrons. The van der Waals surface area contributed by atoms with Crippen LogP contribution in [0.15, 0.2) is 12.4 Å². The zero-order valence-corrected chi connectivity index (χ0v) is 12.8. The summed E-state index contributed by atoms with van der Waals surface area (Å²) in [6, 6.07) is 0.312. The highest BCUT2D eigenvalue weighted by Crippen LogP contribution is 2.23. The van der Waals surface area contributed by atoms with Crippen molar-refractivity contribution < 1.29 is 9.53 Å². The first-order chi connectivity index (χ1) is 10.1. The van der Waals surface area contributed by atoms with Crippen LogP contribution in [-0.4, -0.2) is 59.0 Å². The van der Waals surface area contributed by atoms with Crippen LogP contribution in [0.1, 0.15) is 31.4 Å². The number of nitrogens with one attached hydrogen (secondary N) is 1. The SMILES string of the molecule is Cc1cnn(C2CN([C@H](C)C(=O)NC[C@H]3CCCO3)C2)c1. The highest BCUT2D eigenvalue weighted by molar-refractivity contribution is 5.81. The van der Waals surface area contributed by atoms with Crippen LogP contribution < -0.4 is 5.32 Å². The third kappa shape index (κ3) is 3.27. The van der Waals surface area contributed by atoms with Crippen molar-refractivity contribution in [1.29, 1.82) is 0 Å². The van der Waals surface area contributed by atoms with E-state index in [-0.39, 0.29) is 18.1 Å². The second-order valence-electron chi connectivity index (χ2n) is 6.16. The van der Waals surface area contributed by atoms with E-state index in [9.17, 15) is 4.79 Å². The molecular weight excluding hydrogens is 268 g/mol. The van der Waals surface area contributed by atoms with E-state index in [2.05, 4.69) is 21.5 Å². The number of hydrogen-bond acceptors (Lipinski definition) is 4. The van der Waals surface area contributed by atoms with Crippen molar-refractivity contribution in [2.24, 2.45) is 0 Å². The Morgan fingerprint density at radius 2 is 2.38 bits per heavy atom. The Labute approximate surface area is 125 Å². The molecule has 2 saturated heterocycles. The molecule has 1 N–H and O–H groups in total. The van der Waals surface area contributed by atoms with Crippen molar-refractivity contribution >= 4 is 5.91 Å². The molecule has 21 heavy (non-hydrogen) atoms. The van der Waals surface area contributed by atoms with Crippen LogP contribution in [0.4, 0.5) is 0 Å². The van der Waals surface area contributed by atoms with Gasteiger partial charge < -0.3 is 10.1 Å². The second-order valence-corrected chi connectivity index (χ2v) is 6.16. The smallest absolute Gasteiger partial charge is 0.237 e. The van der Waals surface area contributed by atoms with Gasteiger partial charge in [0.25, 0.3) is 0 Å². The van der Waals surface area contributed by atoms with Gasteiger partial charge in [-0.1, -0.05) is 0 Å². The molecule has 0 unspecified atom stereocenters. The quantitative estimate of drug-likeness (QED) is 0.869. The van der Waals surface area contributed by atoms with Crippen LogP contribution in [0.2, 0.25) is 0 Å². The van der Waals surface area contributed by atoms with E-state index in [0.717, 1.165) is 32.5 Å². The molecule has 1 aromatic rings. The fraction of sp³-hybridized carbons (Fsp3) is 0.733. The van der Waals surface area contributed by atoms with Crippen LogP contribution in [0.3, 0.4) is 0 Å². The van der Waals surface area contributed by atoms with E-state index in [1.807, 2.05) is 24.7 Å². The van der Waals surface area contributed by atoms with Gasteiger partial charge in [-0.3, -0.25) is 14.4 Å². The molecule has 1 aromatic heterocycles. The van der Waals surface area contributed by atoms with E-state index < -0.39 is 0 Å². The Balaban J connectivity index is 1.41. The molecule has 2 atom stereocenters. The lowest BCUT2D eigenvalue weighted by molar-refractivity contribution is -0.128. The second kappa shape index (κ2) is 6.15. The van der Waals surface area contributed by atoms with Gasteiger partial charge in [-0.2, -0.15) is 5.10 Å². The molecule has 2 fully saturated rings. The normalized spacial score (nSPS) is 24.8. The van der Waals surface area contributed by atoms with Crippen molar-refractivity contribution in [3.63, 3.8) is 0 Å². The van der Waals surface area contributed by atoms with Crippen molar-refractivity contribution in [3.05, 3.63) is 18.0 Å². The number of nitrogens with zero attached hydrogens (tertiary/aromatic N) is 3. The lowest BCUT2D eigenvalue weighted by Gasteiger charge is -2.42. The Kier molecular flexibility index (Phi) is 4.26. The Hall–Kier alpha value is -1.40. The van der Waals surface area contributed by atoms with Crippen LogP contribution in [0.5, 0.6) is 0 Å². The molecule has 1 amide bonds. The summed E-state index contributed by atoms with van der Waals surface area (Å²) in [7, 11) is 0. The predicted molar refractivity (Wildman–Crippen MR) is 79.0 cm³/mol. The minimum atomic E-state index is -0.0840. The summed E-state index contributed by atoms with van der Waals surface area (Å²) in [6.45, 7) is 7.24. The molecule has 6 nitrogen and oxygen atoms in total. The van der Waals surface area contributed by atoms with Gasteiger partial charge in [0.2, 0.25) is 5.91 Å². The third-order valence-corrected chi connectivity index (χ3v) is 4.45. The maximum atomic E-state index is 12.2. The van der Waals surface area contributed by atoms with Crippen LogP contribution in [0.25, 0.3) is 0 Å². The lowest BCUT2D eigenvalue weighted by Crippen LogP contribution is -2.57. The van der Waals surface area contributed by atoms with Gasteiger partial charge in [-0.05, 0) is 32.3 Å². The topological polar surface area (TPSA) is 59.4 Å². The van der Waals surface area contributed by atoms with Gasteiger partial charge in [0.05, 0.1) is 24.4 Å². The van der Waals surface area contributed by atoms with Crippen LogP contribution in [0, 0.1) is 6.92 Å². The van der Waals surface area contributed by atoms with Gasteiger partial charge >= 0.3 is 0 Å². The minimum Gasteiger partial charge on any atom is -0.376 e. The summed E-state index contributed by atoms with van der Waals surface area (Å²) in [4.78, 5) is 14.3.